The first-order valence-electron chi connectivity index (χ1n) is 7.35. The molecule has 1 fully saturated rings. The Hall–Kier alpha value is -0.0800. The summed E-state index contributed by atoms with van der Waals surface area (Å²) in [5.74, 6) is 1.05. The molecule has 0 bridgehead atoms. The summed E-state index contributed by atoms with van der Waals surface area (Å²) >= 11 is 0. The topological polar surface area (TPSA) is 24.1 Å². The van der Waals surface area contributed by atoms with E-state index in [0.29, 0.717) is 0 Å². The standard InChI is InChI=1S/C14H30N2/c1-2-10-15-12-13-16-11-6-9-14-7-4-3-5-8-14/h14-16H,2-13H2,1H3. The van der Waals surface area contributed by atoms with Crippen LogP contribution in [0.15, 0.2) is 0 Å². The fraction of sp³-hybridized carbons (Fsp3) is 1.00. The zero-order valence-electron chi connectivity index (χ0n) is 11.1. The van der Waals surface area contributed by atoms with Crippen LogP contribution in [0.5, 0.6) is 0 Å². The fourth-order valence-electron chi connectivity index (χ4n) is 2.60. The third-order valence-corrected chi connectivity index (χ3v) is 3.60. The Morgan fingerprint density at radius 1 is 0.875 bits per heavy atom. The molecule has 0 aromatic heterocycles. The van der Waals surface area contributed by atoms with Gasteiger partial charge in [-0.2, -0.15) is 0 Å². The molecule has 16 heavy (non-hydrogen) atoms. The van der Waals surface area contributed by atoms with Gasteiger partial charge in [0.15, 0.2) is 0 Å². The van der Waals surface area contributed by atoms with Crippen LogP contribution < -0.4 is 10.6 Å². The predicted octanol–water partition coefficient (Wildman–Crippen LogP) is 2.94. The third-order valence-electron chi connectivity index (χ3n) is 3.60. The number of hydrogen-bond donors (Lipinski definition) is 2. The molecule has 96 valence electrons. The molecule has 0 aromatic rings. The van der Waals surface area contributed by atoms with E-state index in [9.17, 15) is 0 Å². The Kier molecular flexibility index (Phi) is 8.83. The van der Waals surface area contributed by atoms with Gasteiger partial charge < -0.3 is 10.6 Å². The molecule has 1 aliphatic rings. The first kappa shape index (κ1) is 14.0. The largest absolute Gasteiger partial charge is 0.315 e. The van der Waals surface area contributed by atoms with Crippen molar-refractivity contribution in [2.24, 2.45) is 5.92 Å². The van der Waals surface area contributed by atoms with Gasteiger partial charge in [-0.15, -0.1) is 0 Å². The van der Waals surface area contributed by atoms with Crippen molar-refractivity contribution >= 4 is 0 Å². The normalized spacial score (nSPS) is 17.8. The van der Waals surface area contributed by atoms with Crippen molar-refractivity contribution in [2.45, 2.75) is 58.3 Å². The van der Waals surface area contributed by atoms with E-state index in [1.54, 1.807) is 0 Å². The first-order chi connectivity index (χ1) is 7.93. The summed E-state index contributed by atoms with van der Waals surface area (Å²) in [5, 5.41) is 6.93. The Morgan fingerprint density at radius 3 is 2.25 bits per heavy atom. The van der Waals surface area contributed by atoms with E-state index in [1.807, 2.05) is 0 Å². The van der Waals surface area contributed by atoms with Crippen LogP contribution in [0.4, 0.5) is 0 Å². The van der Waals surface area contributed by atoms with Gasteiger partial charge in [0, 0.05) is 13.1 Å². The van der Waals surface area contributed by atoms with E-state index in [0.717, 1.165) is 25.6 Å². The van der Waals surface area contributed by atoms with Crippen molar-refractivity contribution in [3.8, 4) is 0 Å². The Morgan fingerprint density at radius 2 is 1.56 bits per heavy atom. The Labute approximate surface area is 102 Å². The summed E-state index contributed by atoms with van der Waals surface area (Å²) in [6, 6.07) is 0. The van der Waals surface area contributed by atoms with Gasteiger partial charge in [-0.25, -0.2) is 0 Å². The number of nitrogens with one attached hydrogen (secondary N) is 2. The molecule has 2 heteroatoms. The molecule has 2 nitrogen and oxygen atoms in total. The van der Waals surface area contributed by atoms with Crippen LogP contribution in [0.25, 0.3) is 0 Å². The highest BCUT2D eigenvalue weighted by molar-refractivity contribution is 4.66. The van der Waals surface area contributed by atoms with Crippen LogP contribution in [-0.4, -0.2) is 26.2 Å². The average molecular weight is 226 g/mol. The van der Waals surface area contributed by atoms with E-state index < -0.39 is 0 Å². The third kappa shape index (κ3) is 7.24. The smallest absolute Gasteiger partial charge is 0.00767 e. The molecule has 0 aliphatic heterocycles. The highest BCUT2D eigenvalue weighted by Crippen LogP contribution is 2.26. The van der Waals surface area contributed by atoms with E-state index in [4.69, 9.17) is 0 Å². The molecule has 0 saturated heterocycles. The van der Waals surface area contributed by atoms with E-state index in [1.165, 1.54) is 57.9 Å². The highest BCUT2D eigenvalue weighted by atomic mass is 14.9. The molecule has 0 spiro atoms. The van der Waals surface area contributed by atoms with Crippen molar-refractivity contribution in [1.29, 1.82) is 0 Å². The van der Waals surface area contributed by atoms with Crippen molar-refractivity contribution in [3.63, 3.8) is 0 Å². The average Bonchev–Trinajstić information content (AvgIpc) is 2.34. The van der Waals surface area contributed by atoms with E-state index in [-0.39, 0.29) is 0 Å². The zero-order valence-corrected chi connectivity index (χ0v) is 11.1. The second-order valence-corrected chi connectivity index (χ2v) is 5.15. The molecular formula is C14H30N2. The van der Waals surface area contributed by atoms with Crippen LogP contribution in [0.2, 0.25) is 0 Å². The maximum absolute atomic E-state index is 3.52. The van der Waals surface area contributed by atoms with Gasteiger partial charge in [-0.3, -0.25) is 0 Å². The Balaban J connectivity index is 1.77. The van der Waals surface area contributed by atoms with Gasteiger partial charge in [-0.1, -0.05) is 39.0 Å². The van der Waals surface area contributed by atoms with Gasteiger partial charge in [0.1, 0.15) is 0 Å². The van der Waals surface area contributed by atoms with Crippen molar-refractivity contribution < 1.29 is 0 Å². The summed E-state index contributed by atoms with van der Waals surface area (Å²) in [6.45, 7) is 6.83. The lowest BCUT2D eigenvalue weighted by Gasteiger charge is -2.21. The van der Waals surface area contributed by atoms with Crippen molar-refractivity contribution in [1.82, 2.24) is 10.6 Å². The molecule has 1 rings (SSSR count). The SMILES string of the molecule is CCCNCCNCCCC1CCCCC1. The molecule has 2 N–H and O–H groups in total. The van der Waals surface area contributed by atoms with Gasteiger partial charge >= 0.3 is 0 Å². The van der Waals surface area contributed by atoms with Crippen molar-refractivity contribution in [3.05, 3.63) is 0 Å². The summed E-state index contributed by atoms with van der Waals surface area (Å²) in [5.41, 5.74) is 0. The molecule has 0 heterocycles. The Bertz CT molecular complexity index is 142. The molecule has 0 unspecified atom stereocenters. The van der Waals surface area contributed by atoms with Gasteiger partial charge in [0.2, 0.25) is 0 Å². The lowest BCUT2D eigenvalue weighted by molar-refractivity contribution is 0.330. The minimum Gasteiger partial charge on any atom is -0.315 e. The van der Waals surface area contributed by atoms with Gasteiger partial charge in [0.25, 0.3) is 0 Å². The highest BCUT2D eigenvalue weighted by Gasteiger charge is 2.12. The lowest BCUT2D eigenvalue weighted by atomic mass is 9.86. The minimum absolute atomic E-state index is 1.05. The van der Waals surface area contributed by atoms with Gasteiger partial charge in [0.05, 0.1) is 0 Å². The van der Waals surface area contributed by atoms with E-state index >= 15 is 0 Å². The summed E-state index contributed by atoms with van der Waals surface area (Å²) in [7, 11) is 0. The van der Waals surface area contributed by atoms with Crippen LogP contribution in [0.1, 0.15) is 58.3 Å². The molecule has 0 amide bonds. The fourth-order valence-corrected chi connectivity index (χ4v) is 2.60. The molecular weight excluding hydrogens is 196 g/mol. The monoisotopic (exact) mass is 226 g/mol. The van der Waals surface area contributed by atoms with Crippen LogP contribution in [0.3, 0.4) is 0 Å². The predicted molar refractivity (Wildman–Crippen MR) is 71.8 cm³/mol. The van der Waals surface area contributed by atoms with Crippen LogP contribution >= 0.6 is 0 Å². The van der Waals surface area contributed by atoms with Crippen molar-refractivity contribution in [2.75, 3.05) is 26.2 Å². The molecule has 0 atom stereocenters. The number of hydrogen-bond acceptors (Lipinski definition) is 2. The summed E-state index contributed by atoms with van der Waals surface area (Å²) < 4.78 is 0. The van der Waals surface area contributed by atoms with E-state index in [2.05, 4.69) is 17.6 Å². The lowest BCUT2D eigenvalue weighted by Crippen LogP contribution is -2.28. The molecule has 1 saturated carbocycles. The molecule has 0 aromatic carbocycles. The quantitative estimate of drug-likeness (QED) is 0.591. The van der Waals surface area contributed by atoms with Gasteiger partial charge in [-0.05, 0) is 38.3 Å². The number of rotatable bonds is 9. The molecule has 1 aliphatic carbocycles. The van der Waals surface area contributed by atoms with Crippen LogP contribution in [0, 0.1) is 5.92 Å². The van der Waals surface area contributed by atoms with Crippen LogP contribution in [-0.2, 0) is 0 Å². The summed E-state index contributed by atoms with van der Waals surface area (Å²) in [4.78, 5) is 0. The minimum atomic E-state index is 1.05. The summed E-state index contributed by atoms with van der Waals surface area (Å²) in [6.07, 6.45) is 11.5. The molecule has 0 radical (unpaired) electrons. The first-order valence-corrected chi connectivity index (χ1v) is 7.35. The zero-order chi connectivity index (χ0) is 11.5. The second-order valence-electron chi connectivity index (χ2n) is 5.15. The second kappa shape index (κ2) is 10.1. The maximum atomic E-state index is 3.52. The maximum Gasteiger partial charge on any atom is 0.00767 e.